The fraction of sp³-hybridized carbons (Fsp3) is 0.417. The van der Waals surface area contributed by atoms with Crippen LogP contribution in [-0.4, -0.2) is 23.7 Å². The SMILES string of the molecule is CC(C)C(CO)NC(=O)c1cccc(S)c1. The molecule has 0 aliphatic carbocycles. The predicted octanol–water partition coefficient (Wildman–Crippen LogP) is 1.72. The molecule has 2 N–H and O–H groups in total. The van der Waals surface area contributed by atoms with E-state index in [0.29, 0.717) is 5.56 Å². The van der Waals surface area contributed by atoms with E-state index in [2.05, 4.69) is 17.9 Å². The molecule has 0 aliphatic rings. The zero-order valence-corrected chi connectivity index (χ0v) is 10.4. The summed E-state index contributed by atoms with van der Waals surface area (Å²) >= 11 is 4.17. The minimum atomic E-state index is -0.212. The van der Waals surface area contributed by atoms with Crippen molar-refractivity contribution in [1.82, 2.24) is 5.32 Å². The second kappa shape index (κ2) is 5.92. The molecule has 0 aromatic heterocycles. The molecule has 0 heterocycles. The van der Waals surface area contributed by atoms with Crippen molar-refractivity contribution < 1.29 is 9.90 Å². The fourth-order valence-electron chi connectivity index (χ4n) is 1.32. The third-order valence-corrected chi connectivity index (χ3v) is 2.70. The molecule has 0 saturated carbocycles. The monoisotopic (exact) mass is 239 g/mol. The molecule has 4 heteroatoms. The predicted molar refractivity (Wildman–Crippen MR) is 66.9 cm³/mol. The molecule has 1 amide bonds. The third-order valence-electron chi connectivity index (χ3n) is 2.43. The number of aliphatic hydroxyl groups is 1. The van der Waals surface area contributed by atoms with Crippen molar-refractivity contribution in [3.05, 3.63) is 29.8 Å². The van der Waals surface area contributed by atoms with Gasteiger partial charge in [0.05, 0.1) is 12.6 Å². The number of hydrogen-bond acceptors (Lipinski definition) is 3. The molecule has 0 spiro atoms. The number of carbonyl (C=O) groups is 1. The van der Waals surface area contributed by atoms with Gasteiger partial charge in [0.2, 0.25) is 0 Å². The Morgan fingerprint density at radius 3 is 2.69 bits per heavy atom. The number of amides is 1. The topological polar surface area (TPSA) is 49.3 Å². The summed E-state index contributed by atoms with van der Waals surface area (Å²) in [5, 5.41) is 11.9. The average molecular weight is 239 g/mol. The van der Waals surface area contributed by atoms with Crippen LogP contribution < -0.4 is 5.32 Å². The van der Waals surface area contributed by atoms with Crippen molar-refractivity contribution in [3.8, 4) is 0 Å². The van der Waals surface area contributed by atoms with Crippen molar-refractivity contribution in [2.75, 3.05) is 6.61 Å². The van der Waals surface area contributed by atoms with Crippen LogP contribution in [0.4, 0.5) is 0 Å². The van der Waals surface area contributed by atoms with E-state index in [0.717, 1.165) is 4.90 Å². The molecule has 1 aromatic carbocycles. The number of carbonyl (C=O) groups excluding carboxylic acids is 1. The normalized spacial score (nSPS) is 12.6. The lowest BCUT2D eigenvalue weighted by Crippen LogP contribution is -2.41. The summed E-state index contributed by atoms with van der Waals surface area (Å²) in [5.41, 5.74) is 0.562. The summed E-state index contributed by atoms with van der Waals surface area (Å²) < 4.78 is 0. The Balaban J connectivity index is 2.72. The second-order valence-electron chi connectivity index (χ2n) is 4.06. The lowest BCUT2D eigenvalue weighted by molar-refractivity contribution is 0.0896. The van der Waals surface area contributed by atoms with E-state index >= 15 is 0 Å². The van der Waals surface area contributed by atoms with Gasteiger partial charge < -0.3 is 10.4 Å². The highest BCUT2D eigenvalue weighted by Gasteiger charge is 2.15. The van der Waals surface area contributed by atoms with Crippen LogP contribution in [0.5, 0.6) is 0 Å². The van der Waals surface area contributed by atoms with Crippen LogP contribution in [0, 0.1) is 5.92 Å². The van der Waals surface area contributed by atoms with Gasteiger partial charge in [0.1, 0.15) is 0 Å². The van der Waals surface area contributed by atoms with Gasteiger partial charge in [0, 0.05) is 10.5 Å². The maximum Gasteiger partial charge on any atom is 0.251 e. The van der Waals surface area contributed by atoms with Crippen LogP contribution in [0.25, 0.3) is 0 Å². The zero-order chi connectivity index (χ0) is 12.1. The minimum Gasteiger partial charge on any atom is -0.394 e. The molecule has 1 atom stereocenters. The van der Waals surface area contributed by atoms with Crippen LogP contribution in [0.1, 0.15) is 24.2 Å². The van der Waals surface area contributed by atoms with Crippen molar-refractivity contribution in [2.45, 2.75) is 24.8 Å². The summed E-state index contributed by atoms with van der Waals surface area (Å²) in [6, 6.07) is 6.81. The molecular formula is C12H17NO2S. The third kappa shape index (κ3) is 3.54. The highest BCUT2D eigenvalue weighted by atomic mass is 32.1. The van der Waals surface area contributed by atoms with Gasteiger partial charge in [-0.25, -0.2) is 0 Å². The minimum absolute atomic E-state index is 0.0516. The Morgan fingerprint density at radius 1 is 1.50 bits per heavy atom. The summed E-state index contributed by atoms with van der Waals surface area (Å²) in [4.78, 5) is 12.6. The quantitative estimate of drug-likeness (QED) is 0.701. The Kier molecular flexibility index (Phi) is 4.83. The van der Waals surface area contributed by atoms with E-state index < -0.39 is 0 Å². The van der Waals surface area contributed by atoms with Crippen molar-refractivity contribution >= 4 is 18.5 Å². The van der Waals surface area contributed by atoms with Gasteiger partial charge in [-0.3, -0.25) is 4.79 Å². The largest absolute Gasteiger partial charge is 0.394 e. The molecule has 0 aliphatic heterocycles. The van der Waals surface area contributed by atoms with E-state index in [1.807, 2.05) is 19.9 Å². The van der Waals surface area contributed by atoms with E-state index in [1.54, 1.807) is 18.2 Å². The molecule has 1 unspecified atom stereocenters. The first-order valence-corrected chi connectivity index (χ1v) is 5.70. The molecule has 1 aromatic rings. The Labute approximate surface area is 101 Å². The van der Waals surface area contributed by atoms with E-state index in [4.69, 9.17) is 5.11 Å². The lowest BCUT2D eigenvalue weighted by Gasteiger charge is -2.19. The first-order chi connectivity index (χ1) is 7.54. The van der Waals surface area contributed by atoms with Gasteiger partial charge in [-0.2, -0.15) is 0 Å². The zero-order valence-electron chi connectivity index (χ0n) is 9.47. The van der Waals surface area contributed by atoms with Crippen molar-refractivity contribution in [2.24, 2.45) is 5.92 Å². The maximum absolute atomic E-state index is 11.8. The summed E-state index contributed by atoms with van der Waals surface area (Å²) in [6.45, 7) is 3.86. The van der Waals surface area contributed by atoms with E-state index in [-0.39, 0.29) is 24.5 Å². The van der Waals surface area contributed by atoms with Gasteiger partial charge >= 0.3 is 0 Å². The number of aliphatic hydroxyl groups excluding tert-OH is 1. The number of rotatable bonds is 4. The number of benzene rings is 1. The van der Waals surface area contributed by atoms with Crippen LogP contribution in [0.15, 0.2) is 29.2 Å². The second-order valence-corrected chi connectivity index (χ2v) is 4.57. The molecule has 0 bridgehead atoms. The van der Waals surface area contributed by atoms with Crippen LogP contribution >= 0.6 is 12.6 Å². The molecule has 0 saturated heterocycles. The van der Waals surface area contributed by atoms with E-state index in [1.165, 1.54) is 0 Å². The Hall–Kier alpha value is -1.00. The van der Waals surface area contributed by atoms with Crippen molar-refractivity contribution in [3.63, 3.8) is 0 Å². The van der Waals surface area contributed by atoms with Gasteiger partial charge in [-0.15, -0.1) is 12.6 Å². The number of thiol groups is 1. The number of hydrogen-bond donors (Lipinski definition) is 3. The smallest absolute Gasteiger partial charge is 0.251 e. The average Bonchev–Trinajstić information content (AvgIpc) is 2.25. The molecule has 0 radical (unpaired) electrons. The Bertz CT molecular complexity index is 366. The van der Waals surface area contributed by atoms with Gasteiger partial charge in [-0.1, -0.05) is 19.9 Å². The van der Waals surface area contributed by atoms with Gasteiger partial charge in [-0.05, 0) is 24.1 Å². The van der Waals surface area contributed by atoms with Crippen LogP contribution in [0.3, 0.4) is 0 Å². The highest BCUT2D eigenvalue weighted by molar-refractivity contribution is 7.80. The molecule has 3 nitrogen and oxygen atoms in total. The first-order valence-electron chi connectivity index (χ1n) is 5.25. The summed E-state index contributed by atoms with van der Waals surface area (Å²) in [5.74, 6) is 0.0248. The highest BCUT2D eigenvalue weighted by Crippen LogP contribution is 2.09. The maximum atomic E-state index is 11.8. The van der Waals surface area contributed by atoms with Crippen LogP contribution in [-0.2, 0) is 0 Å². The number of nitrogens with one attached hydrogen (secondary N) is 1. The van der Waals surface area contributed by atoms with Crippen molar-refractivity contribution in [1.29, 1.82) is 0 Å². The van der Waals surface area contributed by atoms with E-state index in [9.17, 15) is 4.79 Å². The lowest BCUT2D eigenvalue weighted by atomic mass is 10.0. The van der Waals surface area contributed by atoms with Crippen LogP contribution in [0.2, 0.25) is 0 Å². The molecule has 1 rings (SSSR count). The summed E-state index contributed by atoms with van der Waals surface area (Å²) in [7, 11) is 0. The Morgan fingerprint density at radius 2 is 2.19 bits per heavy atom. The fourth-order valence-corrected chi connectivity index (χ4v) is 1.55. The molecule has 88 valence electrons. The first kappa shape index (κ1) is 13.1. The summed E-state index contributed by atoms with van der Waals surface area (Å²) in [6.07, 6.45) is 0. The standard InChI is InChI=1S/C12H17NO2S/c1-8(2)11(7-14)13-12(15)9-4-3-5-10(16)6-9/h3-6,8,11,14,16H,7H2,1-2H3,(H,13,15). The van der Waals surface area contributed by atoms with Gasteiger partial charge in [0.25, 0.3) is 5.91 Å². The molecule has 16 heavy (non-hydrogen) atoms. The molecule has 0 fully saturated rings. The molecular weight excluding hydrogens is 222 g/mol. The van der Waals surface area contributed by atoms with Gasteiger partial charge in [0.15, 0.2) is 0 Å².